The van der Waals surface area contributed by atoms with Crippen LogP contribution in [0.5, 0.6) is 0 Å². The van der Waals surface area contributed by atoms with Crippen molar-refractivity contribution in [3.8, 4) is 0 Å². The van der Waals surface area contributed by atoms with E-state index < -0.39 is 30.5 Å². The first kappa shape index (κ1) is 19.5. The summed E-state index contributed by atoms with van der Waals surface area (Å²) in [6.45, 7) is 0. The third kappa shape index (κ3) is 3.62. The van der Waals surface area contributed by atoms with E-state index in [9.17, 15) is 21.6 Å². The van der Waals surface area contributed by atoms with E-state index in [1.807, 2.05) is 0 Å². The molecule has 0 spiro atoms. The van der Waals surface area contributed by atoms with Crippen LogP contribution in [0.4, 0.5) is 5.69 Å². The standard InChI is InChI=1S/C18H20N2O5S2/c19-27(24,25)16-10-8-14(9-11-16)20-17(21)18(12-4-5-13-18)26(22,23)15-6-2-1-3-7-15/h1-3,6-11H,4-5,12-13H2,(H,20,21)(H2,19,24,25). The molecule has 0 heterocycles. The van der Waals surface area contributed by atoms with Crippen molar-refractivity contribution in [2.24, 2.45) is 5.14 Å². The van der Waals surface area contributed by atoms with Gasteiger partial charge in [0.2, 0.25) is 15.9 Å². The molecule has 2 aromatic rings. The highest BCUT2D eigenvalue weighted by Crippen LogP contribution is 2.41. The highest BCUT2D eigenvalue weighted by molar-refractivity contribution is 7.93. The van der Waals surface area contributed by atoms with Gasteiger partial charge in [-0.3, -0.25) is 4.79 Å². The monoisotopic (exact) mass is 408 g/mol. The average Bonchev–Trinajstić information content (AvgIpc) is 3.14. The Morgan fingerprint density at radius 3 is 1.93 bits per heavy atom. The van der Waals surface area contributed by atoms with Crippen LogP contribution in [0.2, 0.25) is 0 Å². The van der Waals surface area contributed by atoms with E-state index in [4.69, 9.17) is 5.14 Å². The first-order valence-electron chi connectivity index (χ1n) is 8.41. The van der Waals surface area contributed by atoms with Gasteiger partial charge < -0.3 is 5.32 Å². The van der Waals surface area contributed by atoms with Gasteiger partial charge in [0.15, 0.2) is 14.6 Å². The fourth-order valence-corrected chi connectivity index (χ4v) is 5.97. The van der Waals surface area contributed by atoms with Gasteiger partial charge in [0.1, 0.15) is 0 Å². The minimum Gasteiger partial charge on any atom is -0.325 e. The van der Waals surface area contributed by atoms with Crippen molar-refractivity contribution in [1.82, 2.24) is 0 Å². The summed E-state index contributed by atoms with van der Waals surface area (Å²) in [7, 11) is -7.72. The number of primary sulfonamides is 1. The number of benzene rings is 2. The van der Waals surface area contributed by atoms with Crippen LogP contribution in [0.3, 0.4) is 0 Å². The SMILES string of the molecule is NS(=O)(=O)c1ccc(NC(=O)C2(S(=O)(=O)c3ccccc3)CCCC2)cc1. The summed E-state index contributed by atoms with van der Waals surface area (Å²) in [5.41, 5.74) is 0.307. The molecule has 0 unspecified atom stereocenters. The topological polar surface area (TPSA) is 123 Å². The van der Waals surface area contributed by atoms with Crippen molar-refractivity contribution in [3.63, 3.8) is 0 Å². The second-order valence-corrected chi connectivity index (χ2v) is 10.4. The van der Waals surface area contributed by atoms with E-state index in [0.29, 0.717) is 18.5 Å². The summed E-state index contributed by atoms with van der Waals surface area (Å²) in [5, 5.41) is 7.68. The van der Waals surface area contributed by atoms with Crippen LogP contribution in [-0.2, 0) is 24.7 Å². The number of anilines is 1. The van der Waals surface area contributed by atoms with Crippen molar-refractivity contribution in [3.05, 3.63) is 54.6 Å². The lowest BCUT2D eigenvalue weighted by Gasteiger charge is -2.27. The molecule has 0 radical (unpaired) electrons. The van der Waals surface area contributed by atoms with Gasteiger partial charge in [0.05, 0.1) is 9.79 Å². The fraction of sp³-hybridized carbons (Fsp3) is 0.278. The lowest BCUT2D eigenvalue weighted by Crippen LogP contribution is -2.47. The molecule has 2 aromatic carbocycles. The molecule has 0 saturated heterocycles. The van der Waals surface area contributed by atoms with Gasteiger partial charge in [0.25, 0.3) is 0 Å². The maximum atomic E-state index is 13.2. The Bertz CT molecular complexity index is 1040. The van der Waals surface area contributed by atoms with Gasteiger partial charge in [-0.1, -0.05) is 31.0 Å². The molecule has 1 fully saturated rings. The highest BCUT2D eigenvalue weighted by Gasteiger charge is 2.52. The Labute approximate surface area is 158 Å². The predicted octanol–water partition coefficient (Wildman–Crippen LogP) is 2.06. The van der Waals surface area contributed by atoms with Crippen LogP contribution < -0.4 is 10.5 Å². The molecule has 0 aliphatic heterocycles. The quantitative estimate of drug-likeness (QED) is 0.784. The molecular weight excluding hydrogens is 388 g/mol. The number of nitrogens with one attached hydrogen (secondary N) is 1. The van der Waals surface area contributed by atoms with E-state index in [0.717, 1.165) is 0 Å². The number of carbonyl (C=O) groups excluding carboxylic acids is 1. The number of nitrogens with two attached hydrogens (primary N) is 1. The minimum atomic E-state index is -3.88. The van der Waals surface area contributed by atoms with Gasteiger partial charge >= 0.3 is 0 Å². The van der Waals surface area contributed by atoms with E-state index in [2.05, 4.69) is 5.32 Å². The maximum absolute atomic E-state index is 13.2. The summed E-state index contributed by atoms with van der Waals surface area (Å²) in [6, 6.07) is 13.2. The number of sulfone groups is 1. The van der Waals surface area contributed by atoms with Crippen LogP contribution in [-0.4, -0.2) is 27.5 Å². The molecule has 0 aromatic heterocycles. The van der Waals surface area contributed by atoms with Crippen molar-refractivity contribution >= 4 is 31.5 Å². The minimum absolute atomic E-state index is 0.0898. The molecule has 1 aliphatic rings. The molecule has 3 N–H and O–H groups in total. The summed E-state index contributed by atoms with van der Waals surface area (Å²) in [6.07, 6.45) is 1.77. The van der Waals surface area contributed by atoms with Gasteiger partial charge in [-0.25, -0.2) is 22.0 Å². The molecule has 1 aliphatic carbocycles. The molecule has 3 rings (SSSR count). The van der Waals surface area contributed by atoms with Crippen molar-refractivity contribution < 1.29 is 21.6 Å². The Hall–Kier alpha value is -2.23. The Morgan fingerprint density at radius 2 is 1.41 bits per heavy atom. The molecule has 1 saturated carbocycles. The molecule has 7 nitrogen and oxygen atoms in total. The predicted molar refractivity (Wildman–Crippen MR) is 101 cm³/mol. The maximum Gasteiger partial charge on any atom is 0.246 e. The molecule has 1 amide bonds. The van der Waals surface area contributed by atoms with Crippen LogP contribution in [0.15, 0.2) is 64.4 Å². The molecule has 9 heteroatoms. The van der Waals surface area contributed by atoms with Crippen molar-refractivity contribution in [2.75, 3.05) is 5.32 Å². The van der Waals surface area contributed by atoms with Gasteiger partial charge in [0, 0.05) is 5.69 Å². The zero-order valence-electron chi connectivity index (χ0n) is 14.5. The normalized spacial score (nSPS) is 16.8. The zero-order chi connectivity index (χ0) is 19.7. The Morgan fingerprint density at radius 1 is 0.852 bits per heavy atom. The Kier molecular flexibility index (Phi) is 5.11. The lowest BCUT2D eigenvalue weighted by molar-refractivity contribution is -0.118. The van der Waals surface area contributed by atoms with Gasteiger partial charge in [-0.15, -0.1) is 0 Å². The van der Waals surface area contributed by atoms with Crippen LogP contribution in [0, 0.1) is 0 Å². The highest BCUT2D eigenvalue weighted by atomic mass is 32.2. The Balaban J connectivity index is 1.93. The average molecular weight is 409 g/mol. The molecule has 27 heavy (non-hydrogen) atoms. The third-order valence-corrected chi connectivity index (χ3v) is 8.28. The first-order valence-corrected chi connectivity index (χ1v) is 11.4. The first-order chi connectivity index (χ1) is 12.7. The third-order valence-electron chi connectivity index (χ3n) is 4.83. The van der Waals surface area contributed by atoms with Crippen molar-refractivity contribution in [1.29, 1.82) is 0 Å². The molecule has 0 atom stereocenters. The van der Waals surface area contributed by atoms with Crippen molar-refractivity contribution in [2.45, 2.75) is 40.2 Å². The second kappa shape index (κ2) is 7.06. The molecule has 144 valence electrons. The van der Waals surface area contributed by atoms with E-state index in [1.165, 1.54) is 36.4 Å². The second-order valence-electron chi connectivity index (χ2n) is 6.54. The summed E-state index contributed by atoms with van der Waals surface area (Å²) in [4.78, 5) is 13.0. The summed E-state index contributed by atoms with van der Waals surface area (Å²) < 4.78 is 47.6. The van der Waals surface area contributed by atoms with Crippen LogP contribution in [0.1, 0.15) is 25.7 Å². The number of sulfonamides is 1. The molecule has 0 bridgehead atoms. The van der Waals surface area contributed by atoms with E-state index in [1.54, 1.807) is 18.2 Å². The van der Waals surface area contributed by atoms with Crippen LogP contribution in [0.25, 0.3) is 0 Å². The molecular formula is C18H20N2O5S2. The number of carbonyl (C=O) groups is 1. The van der Waals surface area contributed by atoms with E-state index in [-0.39, 0.29) is 22.6 Å². The number of rotatable bonds is 5. The fourth-order valence-electron chi connectivity index (χ4n) is 3.36. The number of hydrogen-bond acceptors (Lipinski definition) is 5. The van der Waals surface area contributed by atoms with E-state index >= 15 is 0 Å². The van der Waals surface area contributed by atoms with Crippen LogP contribution >= 0.6 is 0 Å². The largest absolute Gasteiger partial charge is 0.325 e. The lowest BCUT2D eigenvalue weighted by atomic mass is 10.1. The summed E-state index contributed by atoms with van der Waals surface area (Å²) >= 11 is 0. The number of hydrogen-bond donors (Lipinski definition) is 2. The smallest absolute Gasteiger partial charge is 0.246 e. The van der Waals surface area contributed by atoms with Gasteiger partial charge in [-0.05, 0) is 49.2 Å². The van der Waals surface area contributed by atoms with Gasteiger partial charge in [-0.2, -0.15) is 0 Å². The zero-order valence-corrected chi connectivity index (χ0v) is 16.1. The summed E-state index contributed by atoms with van der Waals surface area (Å²) in [5.74, 6) is -0.604. The number of amides is 1.